The number of rotatable bonds is 3. The van der Waals surface area contributed by atoms with Crippen LogP contribution >= 0.6 is 0 Å². The number of benzene rings is 2. The van der Waals surface area contributed by atoms with E-state index in [0.717, 1.165) is 49.8 Å². The average molecular weight is 405 g/mol. The molecule has 1 saturated heterocycles. The number of fused-ring (bicyclic) bond motifs is 1. The fraction of sp³-hybridized carbons (Fsp3) is 0.423. The van der Waals surface area contributed by atoms with Crippen LogP contribution in [0.4, 0.5) is 0 Å². The molecule has 156 valence electrons. The minimum atomic E-state index is -0.931. The Labute approximate surface area is 178 Å². The van der Waals surface area contributed by atoms with Gasteiger partial charge in [-0.1, -0.05) is 31.8 Å². The minimum absolute atomic E-state index is 0.0349. The predicted octanol–water partition coefficient (Wildman–Crippen LogP) is 5.44. The van der Waals surface area contributed by atoms with Gasteiger partial charge in [0.2, 0.25) is 0 Å². The largest absolute Gasteiger partial charge is 0.478 e. The van der Waals surface area contributed by atoms with Gasteiger partial charge in [-0.3, -0.25) is 0 Å². The highest BCUT2D eigenvalue weighted by Gasteiger charge is 2.34. The Morgan fingerprint density at radius 2 is 1.80 bits per heavy atom. The molecule has 0 amide bonds. The SMILES string of the molecule is CC1(C)CC[C@H](O[C@@H]2CCCCO2)c2cc(C#Cc3ccc(C(=O)O)cc3)ccc21. The average Bonchev–Trinajstić information content (AvgIpc) is 2.75. The molecule has 4 heteroatoms. The Kier molecular flexibility index (Phi) is 5.94. The topological polar surface area (TPSA) is 55.8 Å². The van der Waals surface area contributed by atoms with Gasteiger partial charge < -0.3 is 14.6 Å². The number of aromatic carboxylic acids is 1. The van der Waals surface area contributed by atoms with Crippen molar-refractivity contribution < 1.29 is 19.4 Å². The predicted molar refractivity (Wildman–Crippen MR) is 116 cm³/mol. The number of carbonyl (C=O) groups is 1. The Morgan fingerprint density at radius 1 is 1.07 bits per heavy atom. The van der Waals surface area contributed by atoms with Gasteiger partial charge in [0.25, 0.3) is 0 Å². The fourth-order valence-corrected chi connectivity index (χ4v) is 4.29. The second-order valence-electron chi connectivity index (χ2n) is 8.78. The van der Waals surface area contributed by atoms with Gasteiger partial charge in [-0.2, -0.15) is 0 Å². The summed E-state index contributed by atoms with van der Waals surface area (Å²) in [7, 11) is 0. The molecule has 0 radical (unpaired) electrons. The molecule has 2 aromatic carbocycles. The van der Waals surface area contributed by atoms with Crippen LogP contribution in [0, 0.1) is 11.8 Å². The van der Waals surface area contributed by atoms with Crippen molar-refractivity contribution in [2.24, 2.45) is 0 Å². The highest BCUT2D eigenvalue weighted by atomic mass is 16.7. The molecule has 4 nitrogen and oxygen atoms in total. The van der Waals surface area contributed by atoms with Crippen LogP contribution in [0.25, 0.3) is 0 Å². The molecular weight excluding hydrogens is 376 g/mol. The summed E-state index contributed by atoms with van der Waals surface area (Å²) >= 11 is 0. The van der Waals surface area contributed by atoms with Gasteiger partial charge in [0.15, 0.2) is 6.29 Å². The van der Waals surface area contributed by atoms with Crippen molar-refractivity contribution in [3.63, 3.8) is 0 Å². The van der Waals surface area contributed by atoms with E-state index in [9.17, 15) is 4.79 Å². The van der Waals surface area contributed by atoms with Gasteiger partial charge >= 0.3 is 5.97 Å². The number of carboxylic acid groups (broad SMARTS) is 1. The fourth-order valence-electron chi connectivity index (χ4n) is 4.29. The summed E-state index contributed by atoms with van der Waals surface area (Å²) < 4.78 is 12.2. The van der Waals surface area contributed by atoms with Crippen LogP contribution in [0.5, 0.6) is 0 Å². The highest BCUT2D eigenvalue weighted by Crippen LogP contribution is 2.44. The van der Waals surface area contributed by atoms with Gasteiger partial charge in [0.05, 0.1) is 11.7 Å². The zero-order valence-electron chi connectivity index (χ0n) is 17.6. The van der Waals surface area contributed by atoms with Crippen molar-refractivity contribution in [2.75, 3.05) is 6.61 Å². The van der Waals surface area contributed by atoms with Crippen LogP contribution < -0.4 is 0 Å². The quantitative estimate of drug-likeness (QED) is 0.692. The summed E-state index contributed by atoms with van der Waals surface area (Å²) in [6, 6.07) is 13.0. The van der Waals surface area contributed by atoms with E-state index >= 15 is 0 Å². The third-order valence-corrected chi connectivity index (χ3v) is 6.10. The van der Waals surface area contributed by atoms with Crippen molar-refractivity contribution in [2.45, 2.75) is 63.8 Å². The van der Waals surface area contributed by atoms with E-state index in [2.05, 4.69) is 43.9 Å². The molecule has 4 rings (SSSR count). The van der Waals surface area contributed by atoms with Crippen molar-refractivity contribution in [1.29, 1.82) is 0 Å². The van der Waals surface area contributed by atoms with Crippen LogP contribution in [0.15, 0.2) is 42.5 Å². The Balaban J connectivity index is 1.59. The standard InChI is InChI=1S/C26H28O4/c1-26(2)15-14-23(30-24-5-3-4-16-29-24)21-17-19(10-13-22(21)26)7-6-18-8-11-20(12-9-18)25(27)28/h8-13,17,23-24H,3-5,14-16H2,1-2H3,(H,27,28)/t23-,24+/m0/s1. The molecule has 0 aromatic heterocycles. The molecule has 2 aliphatic rings. The van der Waals surface area contributed by atoms with Crippen molar-refractivity contribution >= 4 is 5.97 Å². The Morgan fingerprint density at radius 3 is 2.50 bits per heavy atom. The zero-order valence-corrected chi connectivity index (χ0v) is 17.6. The lowest BCUT2D eigenvalue weighted by molar-refractivity contribution is -0.193. The number of hydrogen-bond donors (Lipinski definition) is 1. The lowest BCUT2D eigenvalue weighted by atomic mass is 9.71. The Bertz CT molecular complexity index is 972. The van der Waals surface area contributed by atoms with E-state index in [-0.39, 0.29) is 23.4 Å². The first-order valence-corrected chi connectivity index (χ1v) is 10.7. The van der Waals surface area contributed by atoms with Crippen LogP contribution in [-0.4, -0.2) is 24.0 Å². The molecule has 1 heterocycles. The molecule has 1 N–H and O–H groups in total. The first kappa shape index (κ1) is 20.7. The van der Waals surface area contributed by atoms with Crippen molar-refractivity contribution in [1.82, 2.24) is 0 Å². The normalized spacial score (nSPS) is 22.5. The molecule has 0 unspecified atom stereocenters. The number of ether oxygens (including phenoxy) is 2. The molecule has 0 bridgehead atoms. The van der Waals surface area contributed by atoms with Crippen molar-refractivity contribution in [3.05, 3.63) is 70.3 Å². The molecular formula is C26H28O4. The molecule has 2 atom stereocenters. The maximum atomic E-state index is 11.0. The molecule has 30 heavy (non-hydrogen) atoms. The van der Waals surface area contributed by atoms with E-state index in [4.69, 9.17) is 14.6 Å². The minimum Gasteiger partial charge on any atom is -0.478 e. The van der Waals surface area contributed by atoms with E-state index in [1.165, 1.54) is 11.1 Å². The van der Waals surface area contributed by atoms with Gasteiger partial charge in [0, 0.05) is 17.7 Å². The molecule has 2 aromatic rings. The van der Waals surface area contributed by atoms with Crippen molar-refractivity contribution in [3.8, 4) is 11.8 Å². The summed E-state index contributed by atoms with van der Waals surface area (Å²) in [5, 5.41) is 9.02. The molecule has 0 spiro atoms. The smallest absolute Gasteiger partial charge is 0.335 e. The highest BCUT2D eigenvalue weighted by molar-refractivity contribution is 5.87. The first-order chi connectivity index (χ1) is 14.4. The van der Waals surface area contributed by atoms with Gasteiger partial charge in [-0.05, 0) is 85.0 Å². The van der Waals surface area contributed by atoms with Gasteiger partial charge in [-0.15, -0.1) is 0 Å². The summed E-state index contributed by atoms with van der Waals surface area (Å²) in [6.45, 7) is 5.35. The first-order valence-electron chi connectivity index (χ1n) is 10.7. The zero-order chi connectivity index (χ0) is 21.1. The van der Waals surface area contributed by atoms with E-state index in [1.807, 2.05) is 0 Å². The summed E-state index contributed by atoms with van der Waals surface area (Å²) in [5.74, 6) is 5.44. The molecule has 0 saturated carbocycles. The van der Waals surface area contributed by atoms with Gasteiger partial charge in [-0.25, -0.2) is 4.79 Å². The Hall–Kier alpha value is -2.61. The van der Waals surface area contributed by atoms with E-state index < -0.39 is 5.97 Å². The summed E-state index contributed by atoms with van der Waals surface area (Å²) in [5.41, 5.74) is 4.65. The maximum Gasteiger partial charge on any atom is 0.335 e. The van der Waals surface area contributed by atoms with Crippen LogP contribution in [0.2, 0.25) is 0 Å². The van der Waals surface area contributed by atoms with Crippen LogP contribution in [-0.2, 0) is 14.9 Å². The van der Waals surface area contributed by atoms with Crippen LogP contribution in [0.3, 0.4) is 0 Å². The lowest BCUT2D eigenvalue weighted by Crippen LogP contribution is -2.31. The van der Waals surface area contributed by atoms with Gasteiger partial charge in [0.1, 0.15) is 0 Å². The number of carboxylic acids is 1. The second-order valence-corrected chi connectivity index (χ2v) is 8.78. The maximum absolute atomic E-state index is 11.0. The monoisotopic (exact) mass is 404 g/mol. The molecule has 1 fully saturated rings. The third kappa shape index (κ3) is 4.59. The molecule has 1 aliphatic carbocycles. The summed E-state index contributed by atoms with van der Waals surface area (Å²) in [4.78, 5) is 11.0. The lowest BCUT2D eigenvalue weighted by Gasteiger charge is -2.38. The van der Waals surface area contributed by atoms with E-state index in [1.54, 1.807) is 24.3 Å². The third-order valence-electron chi connectivity index (χ3n) is 6.10. The number of hydrogen-bond acceptors (Lipinski definition) is 3. The second kappa shape index (κ2) is 8.63. The molecule has 1 aliphatic heterocycles. The summed E-state index contributed by atoms with van der Waals surface area (Å²) in [6.07, 6.45) is 5.21. The van der Waals surface area contributed by atoms with Crippen LogP contribution in [0.1, 0.15) is 84.7 Å². The van der Waals surface area contributed by atoms with E-state index in [0.29, 0.717) is 0 Å².